The van der Waals surface area contributed by atoms with Gasteiger partial charge >= 0.3 is 0 Å². The molecule has 0 nitrogen and oxygen atoms in total. The fraction of sp³-hybridized carbons (Fsp3) is 0.800. The highest BCUT2D eigenvalue weighted by atomic mass is 35.5. The van der Waals surface area contributed by atoms with Gasteiger partial charge in [0.05, 0.1) is 0 Å². The van der Waals surface area contributed by atoms with E-state index in [2.05, 4.69) is 0 Å². The van der Waals surface area contributed by atoms with Crippen molar-refractivity contribution >= 4 is 11.6 Å². The van der Waals surface area contributed by atoms with E-state index in [-0.39, 0.29) is 0 Å². The van der Waals surface area contributed by atoms with Crippen molar-refractivity contribution in [1.82, 2.24) is 0 Å². The lowest BCUT2D eigenvalue weighted by atomic mass is 10.2. The zero-order valence-electron chi connectivity index (χ0n) is 4.54. The Morgan fingerprint density at radius 3 is 2.14 bits per heavy atom. The van der Waals surface area contributed by atoms with Crippen LogP contribution in [-0.4, -0.2) is 0 Å². The summed E-state index contributed by atoms with van der Waals surface area (Å²) in [6.07, 6.45) is 0.377. The number of rotatable bonds is 2. The maximum atomic E-state index is 11.6. The molecule has 0 aliphatic carbocycles. The van der Waals surface area contributed by atoms with Gasteiger partial charge in [-0.3, -0.25) is 0 Å². The Labute approximate surface area is 48.7 Å². The molecule has 2 heteroatoms. The maximum absolute atomic E-state index is 11.6. The SMILES string of the molecule is CC(C)C[C](F)Cl. The van der Waals surface area contributed by atoms with Crippen LogP contribution in [0, 0.1) is 11.5 Å². The molecule has 0 unspecified atom stereocenters. The molecule has 43 valence electrons. The Kier molecular flexibility index (Phi) is 3.35. The molecule has 0 rings (SSSR count). The normalized spacial score (nSPS) is 11.1. The highest BCUT2D eigenvalue weighted by molar-refractivity contribution is 6.25. The molecule has 0 bridgehead atoms. The standard InChI is InChI=1S/C5H9ClF/c1-4(2)3-5(6)7/h4H,3H2,1-2H3. The first kappa shape index (κ1) is 7.22. The summed E-state index contributed by atoms with van der Waals surface area (Å²) in [4.78, 5) is 0. The molecule has 0 aromatic rings. The molecular formula is C5H9ClF. The Morgan fingerprint density at radius 1 is 1.71 bits per heavy atom. The van der Waals surface area contributed by atoms with Crippen LogP contribution >= 0.6 is 11.6 Å². The molecule has 0 heterocycles. The molecular weight excluding hydrogens is 115 g/mol. The predicted octanol–water partition coefficient (Wildman–Crippen LogP) is 2.73. The number of hydrogen-bond acceptors (Lipinski definition) is 0. The summed E-state index contributed by atoms with van der Waals surface area (Å²) in [5, 5.41) is 0. The van der Waals surface area contributed by atoms with Gasteiger partial charge in [-0.15, -0.1) is 0 Å². The summed E-state index contributed by atoms with van der Waals surface area (Å²) in [6, 6.07) is 0. The van der Waals surface area contributed by atoms with Crippen molar-refractivity contribution in [3.63, 3.8) is 0 Å². The summed E-state index contributed by atoms with van der Waals surface area (Å²) in [5.41, 5.74) is -0.491. The van der Waals surface area contributed by atoms with E-state index in [1.807, 2.05) is 13.8 Å². The first-order valence-corrected chi connectivity index (χ1v) is 2.67. The van der Waals surface area contributed by atoms with Crippen molar-refractivity contribution < 1.29 is 4.39 Å². The largest absolute Gasteiger partial charge is 0.231 e. The van der Waals surface area contributed by atoms with Gasteiger partial charge in [0.15, 0.2) is 0 Å². The van der Waals surface area contributed by atoms with Gasteiger partial charge in [0, 0.05) is 6.42 Å². The Bertz CT molecular complexity index is 37.3. The van der Waals surface area contributed by atoms with Gasteiger partial charge in [0.1, 0.15) is 0 Å². The molecule has 0 saturated carbocycles. The molecule has 0 aliphatic heterocycles. The summed E-state index contributed by atoms with van der Waals surface area (Å²) < 4.78 is 11.6. The fourth-order valence-corrected chi connectivity index (χ4v) is 0.617. The van der Waals surface area contributed by atoms with Crippen LogP contribution in [0.1, 0.15) is 20.3 Å². The molecule has 0 N–H and O–H groups in total. The summed E-state index contributed by atoms with van der Waals surface area (Å²) in [6.45, 7) is 3.84. The van der Waals surface area contributed by atoms with Gasteiger partial charge < -0.3 is 0 Å². The van der Waals surface area contributed by atoms with E-state index in [0.717, 1.165) is 0 Å². The van der Waals surface area contributed by atoms with Crippen molar-refractivity contribution in [1.29, 1.82) is 0 Å². The van der Waals surface area contributed by atoms with Crippen molar-refractivity contribution in [3.05, 3.63) is 5.63 Å². The van der Waals surface area contributed by atoms with Crippen molar-refractivity contribution in [2.45, 2.75) is 20.3 Å². The lowest BCUT2D eigenvalue weighted by Gasteiger charge is -1.99. The van der Waals surface area contributed by atoms with Gasteiger partial charge in [-0.2, -0.15) is 0 Å². The van der Waals surface area contributed by atoms with Crippen LogP contribution in [0.15, 0.2) is 0 Å². The predicted molar refractivity (Wildman–Crippen MR) is 29.7 cm³/mol. The topological polar surface area (TPSA) is 0 Å². The second-order valence-electron chi connectivity index (χ2n) is 1.94. The molecule has 1 radical (unpaired) electrons. The van der Waals surface area contributed by atoms with E-state index in [0.29, 0.717) is 12.3 Å². The van der Waals surface area contributed by atoms with E-state index in [1.54, 1.807) is 0 Å². The van der Waals surface area contributed by atoms with Gasteiger partial charge in [-0.25, -0.2) is 4.39 Å². The van der Waals surface area contributed by atoms with Gasteiger partial charge in [0.2, 0.25) is 5.63 Å². The Hall–Kier alpha value is 0.220. The van der Waals surface area contributed by atoms with E-state index < -0.39 is 5.63 Å². The lowest BCUT2D eigenvalue weighted by molar-refractivity contribution is 0.476. The van der Waals surface area contributed by atoms with Crippen LogP contribution in [0.25, 0.3) is 0 Å². The quantitative estimate of drug-likeness (QED) is 0.530. The van der Waals surface area contributed by atoms with Crippen LogP contribution in [0.4, 0.5) is 4.39 Å². The van der Waals surface area contributed by atoms with Gasteiger partial charge in [0.25, 0.3) is 0 Å². The third kappa shape index (κ3) is 6.22. The van der Waals surface area contributed by atoms with Crippen LogP contribution in [-0.2, 0) is 0 Å². The average Bonchev–Trinajstić information content (AvgIpc) is 1.27. The second kappa shape index (κ2) is 3.25. The van der Waals surface area contributed by atoms with E-state index in [9.17, 15) is 4.39 Å². The third-order valence-electron chi connectivity index (χ3n) is 0.563. The van der Waals surface area contributed by atoms with Crippen LogP contribution in [0.2, 0.25) is 0 Å². The molecule has 0 fully saturated rings. The zero-order valence-corrected chi connectivity index (χ0v) is 5.30. The summed E-state index contributed by atoms with van der Waals surface area (Å²) in [7, 11) is 0. The molecule has 0 saturated heterocycles. The first-order valence-electron chi connectivity index (χ1n) is 2.29. The third-order valence-corrected chi connectivity index (χ3v) is 0.717. The minimum absolute atomic E-state index is 0.331. The average molecular weight is 124 g/mol. The molecule has 7 heavy (non-hydrogen) atoms. The van der Waals surface area contributed by atoms with Crippen LogP contribution < -0.4 is 0 Å². The zero-order chi connectivity index (χ0) is 5.86. The minimum atomic E-state index is -0.491. The molecule has 0 atom stereocenters. The Morgan fingerprint density at radius 2 is 2.14 bits per heavy atom. The van der Waals surface area contributed by atoms with Gasteiger partial charge in [-0.05, 0) is 5.92 Å². The van der Waals surface area contributed by atoms with Gasteiger partial charge in [-0.1, -0.05) is 25.4 Å². The van der Waals surface area contributed by atoms with E-state index in [1.165, 1.54) is 0 Å². The van der Waals surface area contributed by atoms with Crippen molar-refractivity contribution in [2.75, 3.05) is 0 Å². The second-order valence-corrected chi connectivity index (χ2v) is 2.35. The monoisotopic (exact) mass is 123 g/mol. The molecule has 0 aliphatic rings. The molecule has 0 spiro atoms. The number of halogens is 2. The maximum Gasteiger partial charge on any atom is 0.231 e. The molecule has 0 aromatic heterocycles. The van der Waals surface area contributed by atoms with Crippen LogP contribution in [0.3, 0.4) is 0 Å². The highest BCUT2D eigenvalue weighted by Gasteiger charge is 2.03. The highest BCUT2D eigenvalue weighted by Crippen LogP contribution is 2.17. The van der Waals surface area contributed by atoms with Crippen molar-refractivity contribution in [2.24, 2.45) is 5.92 Å². The molecule has 0 amide bonds. The number of hydrogen-bond donors (Lipinski definition) is 0. The van der Waals surface area contributed by atoms with Crippen molar-refractivity contribution in [3.8, 4) is 0 Å². The fourth-order valence-electron chi connectivity index (χ4n) is 0.309. The summed E-state index contributed by atoms with van der Waals surface area (Å²) in [5.74, 6) is 0.331. The van der Waals surface area contributed by atoms with Crippen LogP contribution in [0.5, 0.6) is 0 Å². The lowest BCUT2D eigenvalue weighted by Crippen LogP contribution is -1.87. The minimum Gasteiger partial charge on any atom is -0.221 e. The Balaban J connectivity index is 2.95. The first-order chi connectivity index (χ1) is 3.13. The summed E-state index contributed by atoms with van der Waals surface area (Å²) >= 11 is 4.92. The van der Waals surface area contributed by atoms with E-state index >= 15 is 0 Å². The smallest absolute Gasteiger partial charge is 0.221 e. The van der Waals surface area contributed by atoms with E-state index in [4.69, 9.17) is 11.6 Å². The molecule has 0 aromatic carbocycles.